The minimum absolute atomic E-state index is 0. The Morgan fingerprint density at radius 2 is 1.89 bits per heavy atom. The molecule has 2 N–H and O–H groups in total. The number of rotatable bonds is 8. The van der Waals surface area contributed by atoms with Gasteiger partial charge in [-0.15, -0.1) is 24.0 Å². The summed E-state index contributed by atoms with van der Waals surface area (Å²) in [5.41, 5.74) is 2.28. The van der Waals surface area contributed by atoms with Gasteiger partial charge in [-0.3, -0.25) is 0 Å². The molecule has 28 heavy (non-hydrogen) atoms. The molecule has 2 atom stereocenters. The van der Waals surface area contributed by atoms with Crippen molar-refractivity contribution in [3.8, 4) is 5.75 Å². The van der Waals surface area contributed by atoms with E-state index in [0.29, 0.717) is 19.3 Å². The predicted molar refractivity (Wildman–Crippen MR) is 123 cm³/mol. The maximum atomic E-state index is 6.08. The third kappa shape index (κ3) is 7.40. The molecule has 2 heterocycles. The van der Waals surface area contributed by atoms with Gasteiger partial charge in [-0.25, -0.2) is 4.99 Å². The summed E-state index contributed by atoms with van der Waals surface area (Å²) in [6.07, 6.45) is 4.98. The maximum Gasteiger partial charge on any atom is 0.191 e. The average molecular weight is 503 g/mol. The van der Waals surface area contributed by atoms with Crippen LogP contribution in [0.25, 0.3) is 0 Å². The summed E-state index contributed by atoms with van der Waals surface area (Å²) < 4.78 is 17.4. The first-order chi connectivity index (χ1) is 13.2. The quantitative estimate of drug-likeness (QED) is 0.324. The summed E-state index contributed by atoms with van der Waals surface area (Å²) in [4.78, 5) is 4.74. The van der Waals surface area contributed by atoms with Crippen molar-refractivity contribution in [1.29, 1.82) is 0 Å². The van der Waals surface area contributed by atoms with Crippen LogP contribution in [0.1, 0.15) is 43.7 Å². The first-order valence-electron chi connectivity index (χ1n) is 10.2. The lowest BCUT2D eigenvalue weighted by molar-refractivity contribution is 0.0676. The number of aliphatic imine (C=N–C) groups is 1. The van der Waals surface area contributed by atoms with Gasteiger partial charge in [0, 0.05) is 31.9 Å². The molecule has 6 nitrogen and oxygen atoms in total. The zero-order valence-electron chi connectivity index (χ0n) is 17.0. The number of aryl methyl sites for hydroxylation is 1. The molecule has 2 aliphatic heterocycles. The molecule has 0 amide bonds. The Morgan fingerprint density at radius 1 is 1.14 bits per heavy atom. The van der Waals surface area contributed by atoms with Crippen LogP contribution < -0.4 is 15.4 Å². The fraction of sp³-hybridized carbons (Fsp3) is 0.667. The molecule has 0 radical (unpaired) electrons. The van der Waals surface area contributed by atoms with Gasteiger partial charge in [0.05, 0.1) is 18.8 Å². The second kappa shape index (κ2) is 12.5. The summed E-state index contributed by atoms with van der Waals surface area (Å²) in [7, 11) is 0. The Labute approximate surface area is 185 Å². The SMILES string of the molecule is CCNC(=NCc1ccc(C)cc1OCC1CCCO1)NCC1CCCO1.I. The molecule has 2 fully saturated rings. The van der Waals surface area contributed by atoms with Crippen molar-refractivity contribution in [2.75, 3.05) is 32.9 Å². The number of nitrogens with zero attached hydrogens (tertiary/aromatic N) is 1. The van der Waals surface area contributed by atoms with Gasteiger partial charge in [0.15, 0.2) is 5.96 Å². The van der Waals surface area contributed by atoms with Crippen LogP contribution in [0.3, 0.4) is 0 Å². The molecule has 0 aliphatic carbocycles. The number of guanidine groups is 1. The van der Waals surface area contributed by atoms with E-state index in [1.807, 2.05) is 0 Å². The highest BCUT2D eigenvalue weighted by Gasteiger charge is 2.17. The monoisotopic (exact) mass is 503 g/mol. The topological polar surface area (TPSA) is 64.1 Å². The second-order valence-electron chi connectivity index (χ2n) is 7.27. The highest BCUT2D eigenvalue weighted by atomic mass is 127. The zero-order valence-corrected chi connectivity index (χ0v) is 19.4. The number of nitrogens with one attached hydrogen (secondary N) is 2. The molecule has 2 saturated heterocycles. The molecule has 3 rings (SSSR count). The summed E-state index contributed by atoms with van der Waals surface area (Å²) in [6.45, 7) is 8.68. The lowest BCUT2D eigenvalue weighted by Crippen LogP contribution is -2.41. The van der Waals surface area contributed by atoms with E-state index in [1.54, 1.807) is 0 Å². The van der Waals surface area contributed by atoms with Crippen LogP contribution in [0, 0.1) is 6.92 Å². The van der Waals surface area contributed by atoms with E-state index in [0.717, 1.165) is 69.3 Å². The number of ether oxygens (including phenoxy) is 3. The fourth-order valence-electron chi connectivity index (χ4n) is 3.41. The molecule has 0 saturated carbocycles. The average Bonchev–Trinajstić information content (AvgIpc) is 3.37. The molecule has 1 aromatic carbocycles. The highest BCUT2D eigenvalue weighted by Crippen LogP contribution is 2.23. The van der Waals surface area contributed by atoms with Gasteiger partial charge in [-0.1, -0.05) is 12.1 Å². The summed E-state index contributed by atoms with van der Waals surface area (Å²) >= 11 is 0. The Kier molecular flexibility index (Phi) is 10.4. The van der Waals surface area contributed by atoms with Gasteiger partial charge < -0.3 is 24.8 Å². The molecule has 1 aromatic rings. The van der Waals surface area contributed by atoms with Crippen molar-refractivity contribution in [2.45, 2.75) is 58.3 Å². The van der Waals surface area contributed by atoms with E-state index < -0.39 is 0 Å². The van der Waals surface area contributed by atoms with E-state index in [9.17, 15) is 0 Å². The maximum absolute atomic E-state index is 6.08. The van der Waals surface area contributed by atoms with Crippen LogP contribution in [-0.4, -0.2) is 51.1 Å². The lowest BCUT2D eigenvalue weighted by atomic mass is 10.1. The zero-order chi connectivity index (χ0) is 18.9. The van der Waals surface area contributed by atoms with Gasteiger partial charge in [0.25, 0.3) is 0 Å². The molecule has 7 heteroatoms. The molecule has 2 unspecified atom stereocenters. The Bertz CT molecular complexity index is 615. The molecule has 0 spiro atoms. The van der Waals surface area contributed by atoms with E-state index in [4.69, 9.17) is 19.2 Å². The Hall–Kier alpha value is -1.06. The molecule has 2 aliphatic rings. The minimum atomic E-state index is 0. The fourth-order valence-corrected chi connectivity index (χ4v) is 3.41. The molecular formula is C21H34IN3O3. The largest absolute Gasteiger partial charge is 0.491 e. The van der Waals surface area contributed by atoms with Crippen LogP contribution in [0.4, 0.5) is 0 Å². The summed E-state index contributed by atoms with van der Waals surface area (Å²) in [6, 6.07) is 6.30. The smallest absolute Gasteiger partial charge is 0.191 e. The molecular weight excluding hydrogens is 469 g/mol. The Balaban J connectivity index is 0.00000280. The van der Waals surface area contributed by atoms with Crippen molar-refractivity contribution in [1.82, 2.24) is 10.6 Å². The standard InChI is InChI=1S/C21H33N3O3.HI/c1-3-22-21(24-14-18-6-4-10-25-18)23-13-17-9-8-16(2)12-20(17)27-15-19-7-5-11-26-19;/h8-9,12,18-19H,3-7,10-11,13-15H2,1-2H3,(H2,22,23,24);1H. The molecule has 0 bridgehead atoms. The van der Waals surface area contributed by atoms with Gasteiger partial charge in [-0.2, -0.15) is 0 Å². The lowest BCUT2D eigenvalue weighted by Gasteiger charge is -2.16. The van der Waals surface area contributed by atoms with E-state index in [-0.39, 0.29) is 30.1 Å². The Morgan fingerprint density at radius 3 is 2.57 bits per heavy atom. The van der Waals surface area contributed by atoms with Crippen molar-refractivity contribution < 1.29 is 14.2 Å². The number of benzene rings is 1. The molecule has 158 valence electrons. The highest BCUT2D eigenvalue weighted by molar-refractivity contribution is 14.0. The van der Waals surface area contributed by atoms with Gasteiger partial charge >= 0.3 is 0 Å². The first-order valence-corrected chi connectivity index (χ1v) is 10.2. The van der Waals surface area contributed by atoms with Crippen molar-refractivity contribution in [3.05, 3.63) is 29.3 Å². The van der Waals surface area contributed by atoms with E-state index in [2.05, 4.69) is 42.7 Å². The van der Waals surface area contributed by atoms with Gasteiger partial charge in [-0.05, 0) is 51.2 Å². The minimum Gasteiger partial charge on any atom is -0.491 e. The van der Waals surface area contributed by atoms with Crippen LogP contribution in [0.15, 0.2) is 23.2 Å². The second-order valence-corrected chi connectivity index (χ2v) is 7.27. The van der Waals surface area contributed by atoms with Crippen molar-refractivity contribution >= 4 is 29.9 Å². The third-order valence-electron chi connectivity index (χ3n) is 4.94. The molecule has 0 aromatic heterocycles. The number of hydrogen-bond donors (Lipinski definition) is 2. The predicted octanol–water partition coefficient (Wildman–Crippen LogP) is 3.40. The first kappa shape index (κ1) is 23.2. The summed E-state index contributed by atoms with van der Waals surface area (Å²) in [5.74, 6) is 1.72. The van der Waals surface area contributed by atoms with E-state index in [1.165, 1.54) is 5.56 Å². The van der Waals surface area contributed by atoms with Crippen LogP contribution in [0.2, 0.25) is 0 Å². The summed E-state index contributed by atoms with van der Waals surface area (Å²) in [5, 5.41) is 6.70. The van der Waals surface area contributed by atoms with Crippen molar-refractivity contribution in [3.63, 3.8) is 0 Å². The third-order valence-corrected chi connectivity index (χ3v) is 4.94. The van der Waals surface area contributed by atoms with Gasteiger partial charge in [0.2, 0.25) is 0 Å². The van der Waals surface area contributed by atoms with E-state index >= 15 is 0 Å². The van der Waals surface area contributed by atoms with Gasteiger partial charge in [0.1, 0.15) is 12.4 Å². The van der Waals surface area contributed by atoms with Crippen LogP contribution in [0.5, 0.6) is 5.75 Å². The normalized spacial score (nSPS) is 22.0. The number of halogens is 1. The van der Waals surface area contributed by atoms with Crippen LogP contribution >= 0.6 is 24.0 Å². The number of hydrogen-bond acceptors (Lipinski definition) is 4. The van der Waals surface area contributed by atoms with Crippen LogP contribution in [-0.2, 0) is 16.0 Å². The van der Waals surface area contributed by atoms with Crippen molar-refractivity contribution in [2.24, 2.45) is 4.99 Å².